The van der Waals surface area contributed by atoms with E-state index in [0.29, 0.717) is 43.4 Å². The molecule has 1 saturated heterocycles. The molecule has 9 nitrogen and oxygen atoms in total. The molecule has 2 atom stereocenters. The highest BCUT2D eigenvalue weighted by Gasteiger charge is 2.44. The predicted octanol–water partition coefficient (Wildman–Crippen LogP) is 5.31. The molecule has 2 fully saturated rings. The Labute approximate surface area is 283 Å². The van der Waals surface area contributed by atoms with Gasteiger partial charge in [-0.3, -0.25) is 19.1 Å². The van der Waals surface area contributed by atoms with Gasteiger partial charge in [-0.05, 0) is 72.3 Å². The summed E-state index contributed by atoms with van der Waals surface area (Å²) in [5.41, 5.74) is 3.48. The molecule has 6 rings (SSSR count). The van der Waals surface area contributed by atoms with Gasteiger partial charge in [0.1, 0.15) is 18.7 Å². The summed E-state index contributed by atoms with van der Waals surface area (Å²) >= 11 is 6.14. The molecule has 13 heteroatoms. The van der Waals surface area contributed by atoms with Gasteiger partial charge in [-0.1, -0.05) is 67.3 Å². The first-order valence-electron chi connectivity index (χ1n) is 16.5. The Hall–Kier alpha value is -3.77. The van der Waals surface area contributed by atoms with E-state index in [4.69, 9.17) is 16.4 Å². The van der Waals surface area contributed by atoms with Gasteiger partial charge in [-0.15, -0.1) is 0 Å². The lowest BCUT2D eigenvalue weighted by molar-refractivity contribution is -0.156. The van der Waals surface area contributed by atoms with Crippen LogP contribution < -0.4 is 10.6 Å². The van der Waals surface area contributed by atoms with E-state index in [1.165, 1.54) is 43.2 Å². The molecule has 0 unspecified atom stereocenters. The van der Waals surface area contributed by atoms with Crippen LogP contribution in [0.2, 0.25) is 5.02 Å². The van der Waals surface area contributed by atoms with Crippen LogP contribution in [0.25, 0.3) is 0 Å². The molecule has 3 aliphatic rings. The Morgan fingerprint density at radius 2 is 1.71 bits per heavy atom. The smallest absolute Gasteiger partial charge is 0.343 e. The van der Waals surface area contributed by atoms with Gasteiger partial charge < -0.3 is 15.5 Å². The fourth-order valence-electron chi connectivity index (χ4n) is 7.41. The fourth-order valence-corrected chi connectivity index (χ4v) is 7.53. The maximum atomic E-state index is 14.1. The van der Waals surface area contributed by atoms with E-state index in [1.54, 1.807) is 6.33 Å². The number of aromatic nitrogens is 3. The number of carbonyl (C=O) groups excluding carboxylic acids is 3. The summed E-state index contributed by atoms with van der Waals surface area (Å²) in [5.74, 6) is 0.501. The van der Waals surface area contributed by atoms with Gasteiger partial charge in [-0.25, -0.2) is 4.98 Å². The number of halogens is 4. The van der Waals surface area contributed by atoms with Gasteiger partial charge in [0.25, 0.3) is 0 Å². The van der Waals surface area contributed by atoms with Crippen LogP contribution in [0.4, 0.5) is 13.2 Å². The van der Waals surface area contributed by atoms with E-state index in [9.17, 15) is 22.8 Å². The minimum absolute atomic E-state index is 0.00694. The molecular weight excluding hydrogens is 645 g/mol. The molecule has 3 aromatic rings. The molecule has 2 aliphatic heterocycles. The van der Waals surface area contributed by atoms with Crippen LogP contribution in [0.15, 0.2) is 61.2 Å². The molecule has 1 aliphatic carbocycles. The van der Waals surface area contributed by atoms with Crippen molar-refractivity contribution in [2.75, 3.05) is 13.1 Å². The third kappa shape index (κ3) is 9.43. The highest BCUT2D eigenvalue weighted by Crippen LogP contribution is 2.47. The lowest BCUT2D eigenvalue weighted by atomic mass is 9.63. The number of piperidine rings is 1. The Morgan fingerprint density at radius 1 is 1.04 bits per heavy atom. The summed E-state index contributed by atoms with van der Waals surface area (Å²) < 4.78 is 33.2. The van der Waals surface area contributed by atoms with Gasteiger partial charge in [0.05, 0.1) is 6.04 Å². The first-order valence-corrected chi connectivity index (χ1v) is 16.9. The zero-order chi connectivity index (χ0) is 34.1. The van der Waals surface area contributed by atoms with E-state index >= 15 is 0 Å². The maximum Gasteiger partial charge on any atom is 0.446 e. The Bertz CT molecular complexity index is 1500. The van der Waals surface area contributed by atoms with Crippen LogP contribution in [-0.4, -0.2) is 69.1 Å². The number of hydrogen-bond donors (Lipinski definition) is 2. The SMILES string of the molecule is O=C(N[C@H](Cc1ccc(Cl)cc1)C(=O)N1CCC(Cn2cncn2)(C2CCCCC2)CC1)[C@H]1Cc2ccccc2CN1.O=CC(F)(F)F. The van der Waals surface area contributed by atoms with E-state index < -0.39 is 18.5 Å². The molecule has 2 amide bonds. The molecule has 0 spiro atoms. The summed E-state index contributed by atoms with van der Waals surface area (Å²) in [5, 5.41) is 11.6. The molecular formula is C35H42ClF3N6O3. The average molecular weight is 687 g/mol. The van der Waals surface area contributed by atoms with Crippen molar-refractivity contribution in [3.05, 3.63) is 82.9 Å². The summed E-state index contributed by atoms with van der Waals surface area (Å²) in [7, 11) is 0. The number of nitrogens with zero attached hydrogens (tertiary/aromatic N) is 4. The van der Waals surface area contributed by atoms with Crippen molar-refractivity contribution in [1.82, 2.24) is 30.3 Å². The van der Waals surface area contributed by atoms with E-state index in [1.807, 2.05) is 52.3 Å². The number of rotatable bonds is 8. The van der Waals surface area contributed by atoms with Crippen molar-refractivity contribution >= 4 is 29.7 Å². The van der Waals surface area contributed by atoms with E-state index in [-0.39, 0.29) is 23.3 Å². The molecule has 1 saturated carbocycles. The summed E-state index contributed by atoms with van der Waals surface area (Å²) in [6.07, 6.45) is 6.99. The molecule has 2 aromatic carbocycles. The second-order valence-electron chi connectivity index (χ2n) is 13.1. The lowest BCUT2D eigenvalue weighted by Gasteiger charge is -2.48. The van der Waals surface area contributed by atoms with Gasteiger partial charge >= 0.3 is 6.18 Å². The number of hydrogen-bond acceptors (Lipinski definition) is 6. The fraction of sp³-hybridized carbons (Fsp3) is 0.514. The zero-order valence-electron chi connectivity index (χ0n) is 26.8. The van der Waals surface area contributed by atoms with Crippen LogP contribution in [-0.2, 0) is 40.3 Å². The molecule has 258 valence electrons. The van der Waals surface area contributed by atoms with Crippen molar-refractivity contribution in [2.45, 2.75) is 89.1 Å². The third-order valence-corrected chi connectivity index (χ3v) is 10.2. The zero-order valence-corrected chi connectivity index (χ0v) is 27.6. The van der Waals surface area contributed by atoms with Gasteiger partial charge in [0, 0.05) is 37.6 Å². The van der Waals surface area contributed by atoms with Crippen molar-refractivity contribution in [3.63, 3.8) is 0 Å². The molecule has 3 heterocycles. The van der Waals surface area contributed by atoms with E-state index in [2.05, 4.69) is 32.8 Å². The number of fused-ring (bicyclic) bond motifs is 1. The minimum Gasteiger partial charge on any atom is -0.343 e. The summed E-state index contributed by atoms with van der Waals surface area (Å²) in [6.45, 7) is 2.86. The summed E-state index contributed by atoms with van der Waals surface area (Å²) in [6, 6.07) is 14.7. The largest absolute Gasteiger partial charge is 0.446 e. The van der Waals surface area contributed by atoms with E-state index in [0.717, 1.165) is 24.9 Å². The Morgan fingerprint density at radius 3 is 2.33 bits per heavy atom. The maximum absolute atomic E-state index is 14.1. The number of aldehydes is 1. The molecule has 1 aromatic heterocycles. The predicted molar refractivity (Wildman–Crippen MR) is 175 cm³/mol. The topological polar surface area (TPSA) is 109 Å². The first kappa shape index (κ1) is 35.5. The van der Waals surface area contributed by atoms with Crippen molar-refractivity contribution in [1.29, 1.82) is 0 Å². The number of carbonyl (C=O) groups is 3. The highest BCUT2D eigenvalue weighted by atomic mass is 35.5. The number of amides is 2. The van der Waals surface area contributed by atoms with Gasteiger partial charge in [0.15, 0.2) is 0 Å². The van der Waals surface area contributed by atoms with Crippen LogP contribution in [0.3, 0.4) is 0 Å². The van der Waals surface area contributed by atoms with Crippen molar-refractivity contribution in [3.8, 4) is 0 Å². The second-order valence-corrected chi connectivity index (χ2v) is 13.5. The number of alkyl halides is 3. The normalized spacial score (nSPS) is 20.1. The minimum atomic E-state index is -4.64. The number of nitrogens with one attached hydrogen (secondary N) is 2. The highest BCUT2D eigenvalue weighted by molar-refractivity contribution is 6.30. The van der Waals surface area contributed by atoms with Gasteiger partial charge in [-0.2, -0.15) is 18.3 Å². The Balaban J connectivity index is 0.000000689. The van der Waals surface area contributed by atoms with Crippen molar-refractivity contribution in [2.24, 2.45) is 11.3 Å². The standard InChI is InChI=1S/C33H41ClN6O2.C2HF3O/c34-28-12-10-24(11-13-28)18-30(38-31(41)29-19-25-6-4-5-7-26(25)20-36-29)32(42)39-16-14-33(15-17-39,21-40-23-35-22-37-40)27-8-2-1-3-9-27;3-2(4,5)1-6/h4-7,10-13,22-23,27,29-30,36H,1-3,8-9,14-21H2,(H,38,41);1H/t29-,30-;/m1./s1. The van der Waals surface area contributed by atoms with Gasteiger partial charge in [0.2, 0.25) is 18.1 Å². The van der Waals surface area contributed by atoms with Crippen LogP contribution >= 0.6 is 11.6 Å². The molecule has 0 radical (unpaired) electrons. The van der Waals surface area contributed by atoms with Crippen LogP contribution in [0.1, 0.15) is 61.6 Å². The molecule has 48 heavy (non-hydrogen) atoms. The van der Waals surface area contributed by atoms with Crippen LogP contribution in [0.5, 0.6) is 0 Å². The Kier molecular flexibility index (Phi) is 11.9. The average Bonchev–Trinajstić information content (AvgIpc) is 3.62. The lowest BCUT2D eigenvalue weighted by Crippen LogP contribution is -2.57. The van der Waals surface area contributed by atoms with Crippen molar-refractivity contribution < 1.29 is 27.6 Å². The quantitative estimate of drug-likeness (QED) is 0.311. The first-order chi connectivity index (χ1) is 23.0. The number of benzene rings is 2. The molecule has 2 N–H and O–H groups in total. The third-order valence-electron chi connectivity index (χ3n) is 9.98. The summed E-state index contributed by atoms with van der Waals surface area (Å²) in [4.78, 5) is 42.6. The number of likely N-dealkylation sites (tertiary alicyclic amines) is 1. The second kappa shape index (κ2) is 16.1. The molecule has 0 bridgehead atoms. The monoisotopic (exact) mass is 686 g/mol. The van der Waals surface area contributed by atoms with Crippen LogP contribution in [0, 0.1) is 11.3 Å².